The third-order valence-electron chi connectivity index (χ3n) is 3.92. The highest BCUT2D eigenvalue weighted by molar-refractivity contribution is 7.98. The summed E-state index contributed by atoms with van der Waals surface area (Å²) in [4.78, 5) is 5.85. The second kappa shape index (κ2) is 6.31. The van der Waals surface area contributed by atoms with Crippen molar-refractivity contribution in [2.24, 2.45) is 4.99 Å². The predicted octanol–water partition coefficient (Wildman–Crippen LogP) is 5.08. The van der Waals surface area contributed by atoms with Crippen LogP contribution < -0.4 is 0 Å². The number of nitrogens with zero attached hydrogens (tertiary/aromatic N) is 2. The molecule has 1 aliphatic rings. The van der Waals surface area contributed by atoms with Gasteiger partial charge in [-0.2, -0.15) is 0 Å². The largest absolute Gasteiger partial charge is 0.351 e. The fourth-order valence-corrected chi connectivity index (χ4v) is 3.36. The first-order valence-electron chi connectivity index (χ1n) is 7.21. The fourth-order valence-electron chi connectivity index (χ4n) is 2.82. The molecule has 2 nitrogen and oxygen atoms in total. The van der Waals surface area contributed by atoms with E-state index in [9.17, 15) is 0 Å². The lowest BCUT2D eigenvalue weighted by Crippen LogP contribution is -2.00. The molecule has 0 radical (unpaired) electrons. The Balaban J connectivity index is 1.75. The second-order valence-electron chi connectivity index (χ2n) is 5.26. The first kappa shape index (κ1) is 13.5. The Kier molecular flexibility index (Phi) is 4.26. The van der Waals surface area contributed by atoms with Crippen molar-refractivity contribution in [3.8, 4) is 0 Å². The molecule has 3 heteroatoms. The van der Waals surface area contributed by atoms with Gasteiger partial charge in [0.15, 0.2) is 0 Å². The highest BCUT2D eigenvalue weighted by Gasteiger charge is 2.15. The van der Waals surface area contributed by atoms with Crippen molar-refractivity contribution in [3.05, 3.63) is 48.3 Å². The second-order valence-corrected chi connectivity index (χ2v) is 6.11. The zero-order valence-corrected chi connectivity index (χ0v) is 12.6. The normalized spacial score (nSPS) is 16.2. The van der Waals surface area contributed by atoms with Crippen molar-refractivity contribution in [1.29, 1.82) is 0 Å². The molecular formula is C17H20N2S. The van der Waals surface area contributed by atoms with E-state index in [2.05, 4.69) is 52.5 Å². The predicted molar refractivity (Wildman–Crippen MR) is 87.4 cm³/mol. The number of rotatable bonds is 4. The summed E-state index contributed by atoms with van der Waals surface area (Å²) >= 11 is 1.74. The molecule has 1 aromatic heterocycles. The summed E-state index contributed by atoms with van der Waals surface area (Å²) in [5, 5.41) is 0. The maximum absolute atomic E-state index is 4.63. The molecule has 1 aliphatic carbocycles. The summed E-state index contributed by atoms with van der Waals surface area (Å²) in [6.45, 7) is 0. The number of hydrogen-bond donors (Lipinski definition) is 0. The quantitative estimate of drug-likeness (QED) is 0.565. The third kappa shape index (κ3) is 2.98. The van der Waals surface area contributed by atoms with E-state index in [4.69, 9.17) is 0 Å². The van der Waals surface area contributed by atoms with Crippen molar-refractivity contribution in [1.82, 2.24) is 4.57 Å². The third-order valence-corrected chi connectivity index (χ3v) is 4.71. The summed E-state index contributed by atoms with van der Waals surface area (Å²) in [6, 6.07) is 11.1. The van der Waals surface area contributed by atoms with Gasteiger partial charge in [0, 0.05) is 35.1 Å². The molecule has 0 bridgehead atoms. The SMILES string of the molecule is CSc1ccccc1N=Cc1ccn(C2CCCC2)c1. The van der Waals surface area contributed by atoms with Crippen LogP contribution in [-0.4, -0.2) is 17.0 Å². The van der Waals surface area contributed by atoms with E-state index in [0.29, 0.717) is 6.04 Å². The molecule has 0 atom stereocenters. The Morgan fingerprint density at radius 2 is 2.00 bits per heavy atom. The standard InChI is InChI=1S/C17H20N2S/c1-20-17-9-5-4-8-16(17)18-12-14-10-11-19(13-14)15-6-2-3-7-15/h4-5,8-13,15H,2-3,6-7H2,1H3. The molecule has 1 saturated carbocycles. The van der Waals surface area contributed by atoms with Gasteiger partial charge in [-0.15, -0.1) is 11.8 Å². The summed E-state index contributed by atoms with van der Waals surface area (Å²) in [5.41, 5.74) is 2.24. The molecular weight excluding hydrogens is 264 g/mol. The van der Waals surface area contributed by atoms with Crippen LogP contribution >= 0.6 is 11.8 Å². The van der Waals surface area contributed by atoms with Crippen LogP contribution in [0.3, 0.4) is 0 Å². The zero-order chi connectivity index (χ0) is 13.8. The molecule has 1 aromatic carbocycles. The van der Waals surface area contributed by atoms with Crippen molar-refractivity contribution in [2.75, 3.05) is 6.26 Å². The zero-order valence-electron chi connectivity index (χ0n) is 11.8. The first-order chi connectivity index (χ1) is 9.86. The average molecular weight is 284 g/mol. The van der Waals surface area contributed by atoms with Gasteiger partial charge in [0.1, 0.15) is 0 Å². The number of hydrogen-bond acceptors (Lipinski definition) is 2. The average Bonchev–Trinajstić information content (AvgIpc) is 3.16. The molecule has 0 aliphatic heterocycles. The van der Waals surface area contributed by atoms with Crippen LogP contribution in [0.2, 0.25) is 0 Å². The van der Waals surface area contributed by atoms with E-state index in [1.807, 2.05) is 12.3 Å². The molecule has 0 unspecified atom stereocenters. The van der Waals surface area contributed by atoms with Crippen molar-refractivity contribution in [3.63, 3.8) is 0 Å². The van der Waals surface area contributed by atoms with E-state index >= 15 is 0 Å². The van der Waals surface area contributed by atoms with E-state index in [1.54, 1.807) is 11.8 Å². The maximum atomic E-state index is 4.63. The van der Waals surface area contributed by atoms with Crippen molar-refractivity contribution < 1.29 is 0 Å². The van der Waals surface area contributed by atoms with Crippen LogP contribution in [0.5, 0.6) is 0 Å². The Morgan fingerprint density at radius 3 is 2.80 bits per heavy atom. The monoisotopic (exact) mass is 284 g/mol. The van der Waals surface area contributed by atoms with E-state index in [0.717, 1.165) is 5.69 Å². The van der Waals surface area contributed by atoms with Crippen LogP contribution in [0.15, 0.2) is 52.6 Å². The molecule has 1 heterocycles. The molecule has 20 heavy (non-hydrogen) atoms. The van der Waals surface area contributed by atoms with Gasteiger partial charge in [0.25, 0.3) is 0 Å². The van der Waals surface area contributed by atoms with Gasteiger partial charge in [-0.3, -0.25) is 4.99 Å². The molecule has 104 valence electrons. The number of para-hydroxylation sites is 1. The van der Waals surface area contributed by atoms with Crippen LogP contribution in [0.25, 0.3) is 0 Å². The maximum Gasteiger partial charge on any atom is 0.0765 e. The molecule has 0 spiro atoms. The highest BCUT2D eigenvalue weighted by atomic mass is 32.2. The Bertz CT molecular complexity index is 595. The summed E-state index contributed by atoms with van der Waals surface area (Å²) in [6.07, 6.45) is 13.9. The van der Waals surface area contributed by atoms with Gasteiger partial charge >= 0.3 is 0 Å². The lowest BCUT2D eigenvalue weighted by atomic mass is 10.2. The summed E-state index contributed by atoms with van der Waals surface area (Å²) in [5.74, 6) is 0. The highest BCUT2D eigenvalue weighted by Crippen LogP contribution is 2.30. The van der Waals surface area contributed by atoms with Crippen LogP contribution in [0.4, 0.5) is 5.69 Å². The van der Waals surface area contributed by atoms with Crippen molar-refractivity contribution >= 4 is 23.7 Å². The van der Waals surface area contributed by atoms with Crippen LogP contribution in [-0.2, 0) is 0 Å². The van der Waals surface area contributed by atoms with Gasteiger partial charge in [0.05, 0.1) is 5.69 Å². The van der Waals surface area contributed by atoms with E-state index < -0.39 is 0 Å². The van der Waals surface area contributed by atoms with E-state index in [1.165, 1.54) is 36.1 Å². The van der Waals surface area contributed by atoms with Gasteiger partial charge in [-0.05, 0) is 37.3 Å². The fraction of sp³-hybridized carbons (Fsp3) is 0.353. The summed E-state index contributed by atoms with van der Waals surface area (Å²) < 4.78 is 2.36. The first-order valence-corrected chi connectivity index (χ1v) is 8.44. The lowest BCUT2D eigenvalue weighted by Gasteiger charge is -2.10. The molecule has 0 N–H and O–H groups in total. The minimum Gasteiger partial charge on any atom is -0.351 e. The number of benzene rings is 1. The Hall–Kier alpha value is -1.48. The van der Waals surface area contributed by atoms with Gasteiger partial charge < -0.3 is 4.57 Å². The van der Waals surface area contributed by atoms with Crippen LogP contribution in [0, 0.1) is 0 Å². The smallest absolute Gasteiger partial charge is 0.0765 e. The van der Waals surface area contributed by atoms with Crippen LogP contribution in [0.1, 0.15) is 37.3 Å². The molecule has 0 amide bonds. The minimum absolute atomic E-state index is 0.704. The number of thioether (sulfide) groups is 1. The van der Waals surface area contributed by atoms with E-state index in [-0.39, 0.29) is 0 Å². The lowest BCUT2D eigenvalue weighted by molar-refractivity contribution is 0.521. The Morgan fingerprint density at radius 1 is 1.20 bits per heavy atom. The number of aromatic nitrogens is 1. The molecule has 0 saturated heterocycles. The Labute approximate surface area is 124 Å². The summed E-state index contributed by atoms with van der Waals surface area (Å²) in [7, 11) is 0. The molecule has 2 aromatic rings. The van der Waals surface area contributed by atoms with Gasteiger partial charge in [-0.25, -0.2) is 0 Å². The minimum atomic E-state index is 0.704. The topological polar surface area (TPSA) is 17.3 Å². The number of aliphatic imine (C=N–C) groups is 1. The molecule has 1 fully saturated rings. The molecule has 3 rings (SSSR count). The van der Waals surface area contributed by atoms with Gasteiger partial charge in [0.2, 0.25) is 0 Å². The van der Waals surface area contributed by atoms with Crippen molar-refractivity contribution in [2.45, 2.75) is 36.6 Å². The van der Waals surface area contributed by atoms with Gasteiger partial charge in [-0.1, -0.05) is 25.0 Å².